The van der Waals surface area contributed by atoms with Gasteiger partial charge < -0.3 is 15.2 Å². The summed E-state index contributed by atoms with van der Waals surface area (Å²) in [6.07, 6.45) is 0. The van der Waals surface area contributed by atoms with Gasteiger partial charge in [-0.3, -0.25) is 4.79 Å². The number of para-hydroxylation sites is 1. The average Bonchev–Trinajstić information content (AvgIpc) is 2.57. The van der Waals surface area contributed by atoms with Crippen molar-refractivity contribution in [2.24, 2.45) is 0 Å². The Kier molecular flexibility index (Phi) is 5.99. The highest BCUT2D eigenvalue weighted by Gasteiger charge is 2.18. The SMILES string of the molecule is CC(C)(C)c1ccccc1OCC(=O)NCc1ccccc1CO. The maximum absolute atomic E-state index is 12.1. The highest BCUT2D eigenvalue weighted by atomic mass is 16.5. The Morgan fingerprint density at radius 3 is 2.33 bits per heavy atom. The zero-order valence-electron chi connectivity index (χ0n) is 14.5. The van der Waals surface area contributed by atoms with E-state index in [9.17, 15) is 9.90 Å². The summed E-state index contributed by atoms with van der Waals surface area (Å²) in [5.74, 6) is 0.544. The van der Waals surface area contributed by atoms with Crippen LogP contribution >= 0.6 is 0 Å². The number of rotatable bonds is 6. The third-order valence-electron chi connectivity index (χ3n) is 3.82. The fourth-order valence-electron chi connectivity index (χ4n) is 2.48. The third-order valence-corrected chi connectivity index (χ3v) is 3.82. The lowest BCUT2D eigenvalue weighted by Crippen LogP contribution is -2.29. The largest absolute Gasteiger partial charge is 0.483 e. The minimum atomic E-state index is -0.188. The molecule has 2 aromatic carbocycles. The van der Waals surface area contributed by atoms with Crippen LogP contribution in [0.15, 0.2) is 48.5 Å². The zero-order valence-corrected chi connectivity index (χ0v) is 14.5. The fourth-order valence-corrected chi connectivity index (χ4v) is 2.48. The molecule has 0 radical (unpaired) electrons. The molecule has 0 aliphatic carbocycles. The lowest BCUT2D eigenvalue weighted by atomic mass is 9.86. The van der Waals surface area contributed by atoms with Gasteiger partial charge in [0, 0.05) is 6.54 Å². The standard InChI is InChI=1S/C20H25NO3/c1-20(2,3)17-10-6-7-11-18(17)24-14-19(23)21-12-15-8-4-5-9-16(15)13-22/h4-11,22H,12-14H2,1-3H3,(H,21,23). The van der Waals surface area contributed by atoms with Gasteiger partial charge in [-0.2, -0.15) is 0 Å². The van der Waals surface area contributed by atoms with E-state index in [0.29, 0.717) is 6.54 Å². The smallest absolute Gasteiger partial charge is 0.258 e. The van der Waals surface area contributed by atoms with Gasteiger partial charge in [0.2, 0.25) is 0 Å². The van der Waals surface area contributed by atoms with Crippen molar-refractivity contribution in [3.8, 4) is 5.75 Å². The molecule has 0 saturated carbocycles. The van der Waals surface area contributed by atoms with Gasteiger partial charge in [-0.15, -0.1) is 0 Å². The Balaban J connectivity index is 1.93. The predicted molar refractivity (Wildman–Crippen MR) is 94.8 cm³/mol. The van der Waals surface area contributed by atoms with Crippen LogP contribution in [-0.4, -0.2) is 17.6 Å². The maximum atomic E-state index is 12.1. The number of hydrogen-bond acceptors (Lipinski definition) is 3. The summed E-state index contributed by atoms with van der Waals surface area (Å²) in [6.45, 7) is 6.64. The van der Waals surface area contributed by atoms with E-state index in [1.165, 1.54) is 0 Å². The second-order valence-electron chi connectivity index (χ2n) is 6.74. The summed E-state index contributed by atoms with van der Waals surface area (Å²) in [4.78, 5) is 12.1. The molecule has 4 heteroatoms. The van der Waals surface area contributed by atoms with E-state index in [4.69, 9.17) is 4.74 Å². The molecule has 0 aliphatic heterocycles. The van der Waals surface area contributed by atoms with E-state index in [1.807, 2.05) is 48.5 Å². The monoisotopic (exact) mass is 327 g/mol. The molecule has 0 fully saturated rings. The second kappa shape index (κ2) is 7.97. The topological polar surface area (TPSA) is 58.6 Å². The Hall–Kier alpha value is -2.33. The molecule has 0 saturated heterocycles. The van der Waals surface area contributed by atoms with Gasteiger partial charge >= 0.3 is 0 Å². The Labute approximate surface area is 143 Å². The van der Waals surface area contributed by atoms with Crippen LogP contribution in [0.3, 0.4) is 0 Å². The van der Waals surface area contributed by atoms with E-state index in [-0.39, 0.29) is 24.5 Å². The number of amides is 1. The summed E-state index contributed by atoms with van der Waals surface area (Å²) < 4.78 is 5.71. The number of nitrogens with one attached hydrogen (secondary N) is 1. The van der Waals surface area contributed by atoms with Gasteiger partial charge in [-0.25, -0.2) is 0 Å². The quantitative estimate of drug-likeness (QED) is 0.857. The molecule has 0 heterocycles. The normalized spacial score (nSPS) is 11.2. The molecule has 0 bridgehead atoms. The molecular formula is C20H25NO3. The van der Waals surface area contributed by atoms with Gasteiger partial charge in [0.05, 0.1) is 6.61 Å². The van der Waals surface area contributed by atoms with Crippen molar-refractivity contribution in [3.63, 3.8) is 0 Å². The molecule has 0 atom stereocenters. The van der Waals surface area contributed by atoms with Crippen molar-refractivity contribution in [2.45, 2.75) is 39.3 Å². The maximum Gasteiger partial charge on any atom is 0.258 e. The Bertz CT molecular complexity index is 689. The van der Waals surface area contributed by atoms with Gasteiger partial charge in [0.25, 0.3) is 5.91 Å². The van der Waals surface area contributed by atoms with E-state index < -0.39 is 0 Å². The van der Waals surface area contributed by atoms with Gasteiger partial charge in [0.15, 0.2) is 6.61 Å². The van der Waals surface area contributed by atoms with Crippen LogP contribution in [0.5, 0.6) is 5.75 Å². The van der Waals surface area contributed by atoms with Crippen LogP contribution in [0.1, 0.15) is 37.5 Å². The van der Waals surface area contributed by atoms with Crippen molar-refractivity contribution in [3.05, 3.63) is 65.2 Å². The Morgan fingerprint density at radius 1 is 1.04 bits per heavy atom. The summed E-state index contributed by atoms with van der Waals surface area (Å²) in [6, 6.07) is 15.3. The molecule has 24 heavy (non-hydrogen) atoms. The fraction of sp³-hybridized carbons (Fsp3) is 0.350. The number of aliphatic hydroxyl groups is 1. The molecule has 0 unspecified atom stereocenters. The van der Waals surface area contributed by atoms with Crippen molar-refractivity contribution in [2.75, 3.05) is 6.61 Å². The summed E-state index contributed by atoms with van der Waals surface area (Å²) in [5, 5.41) is 12.1. The minimum Gasteiger partial charge on any atom is -0.483 e. The molecule has 0 spiro atoms. The lowest BCUT2D eigenvalue weighted by Gasteiger charge is -2.22. The number of ether oxygens (including phenoxy) is 1. The van der Waals surface area contributed by atoms with Crippen molar-refractivity contribution in [1.29, 1.82) is 0 Å². The molecule has 2 aromatic rings. The van der Waals surface area contributed by atoms with Gasteiger partial charge in [-0.1, -0.05) is 63.2 Å². The van der Waals surface area contributed by atoms with E-state index >= 15 is 0 Å². The number of aliphatic hydroxyl groups excluding tert-OH is 1. The third kappa shape index (κ3) is 4.83. The van der Waals surface area contributed by atoms with Crippen LogP contribution in [0.25, 0.3) is 0 Å². The first kappa shape index (κ1) is 18.0. The molecule has 1 amide bonds. The van der Waals surface area contributed by atoms with Crippen molar-refractivity contribution >= 4 is 5.91 Å². The first-order valence-corrected chi connectivity index (χ1v) is 8.08. The molecule has 0 aliphatic rings. The molecule has 2 N–H and O–H groups in total. The highest BCUT2D eigenvalue weighted by molar-refractivity contribution is 5.77. The van der Waals surface area contributed by atoms with Crippen LogP contribution in [0, 0.1) is 0 Å². The first-order valence-electron chi connectivity index (χ1n) is 8.08. The Morgan fingerprint density at radius 2 is 1.67 bits per heavy atom. The van der Waals surface area contributed by atoms with Crippen molar-refractivity contribution < 1.29 is 14.6 Å². The van der Waals surface area contributed by atoms with Crippen LogP contribution < -0.4 is 10.1 Å². The highest BCUT2D eigenvalue weighted by Crippen LogP contribution is 2.30. The molecule has 2 rings (SSSR count). The van der Waals surface area contributed by atoms with E-state index in [1.54, 1.807) is 0 Å². The lowest BCUT2D eigenvalue weighted by molar-refractivity contribution is -0.123. The summed E-state index contributed by atoms with van der Waals surface area (Å²) in [5.41, 5.74) is 2.75. The molecule has 4 nitrogen and oxygen atoms in total. The first-order chi connectivity index (χ1) is 11.4. The van der Waals surface area contributed by atoms with E-state index in [2.05, 4.69) is 26.1 Å². The number of benzene rings is 2. The van der Waals surface area contributed by atoms with Gasteiger partial charge in [0.1, 0.15) is 5.75 Å². The number of carbonyl (C=O) groups excluding carboxylic acids is 1. The molecule has 128 valence electrons. The average molecular weight is 327 g/mol. The van der Waals surface area contributed by atoms with Crippen molar-refractivity contribution in [1.82, 2.24) is 5.32 Å². The summed E-state index contributed by atoms with van der Waals surface area (Å²) in [7, 11) is 0. The zero-order chi connectivity index (χ0) is 17.6. The van der Waals surface area contributed by atoms with E-state index in [0.717, 1.165) is 22.4 Å². The number of hydrogen-bond donors (Lipinski definition) is 2. The molecular weight excluding hydrogens is 302 g/mol. The van der Waals surface area contributed by atoms with Gasteiger partial charge in [-0.05, 0) is 28.2 Å². The van der Waals surface area contributed by atoms with Crippen LogP contribution in [-0.2, 0) is 23.4 Å². The molecule has 0 aromatic heterocycles. The van der Waals surface area contributed by atoms with Crippen LogP contribution in [0.2, 0.25) is 0 Å². The van der Waals surface area contributed by atoms with Crippen LogP contribution in [0.4, 0.5) is 0 Å². The predicted octanol–water partition coefficient (Wildman–Crippen LogP) is 3.17. The minimum absolute atomic E-state index is 0.0333. The summed E-state index contributed by atoms with van der Waals surface area (Å²) >= 11 is 0. The number of carbonyl (C=O) groups is 1. The second-order valence-corrected chi connectivity index (χ2v) is 6.74.